The lowest BCUT2D eigenvalue weighted by molar-refractivity contribution is 0.524. The highest BCUT2D eigenvalue weighted by molar-refractivity contribution is 7.16. The van der Waals surface area contributed by atoms with E-state index >= 15 is 0 Å². The fourth-order valence-electron chi connectivity index (χ4n) is 1.45. The second-order valence-electron chi connectivity index (χ2n) is 3.71. The fourth-order valence-corrected chi connectivity index (χ4v) is 1.45. The monoisotopic (exact) mass is 236 g/mol. The van der Waals surface area contributed by atoms with Gasteiger partial charge in [0.05, 0.1) is 0 Å². The summed E-state index contributed by atoms with van der Waals surface area (Å²) in [5.74, 6) is 0. The van der Waals surface area contributed by atoms with Gasteiger partial charge in [-0.3, -0.25) is 0 Å². The van der Waals surface area contributed by atoms with Crippen LogP contribution in [0.3, 0.4) is 0 Å². The third-order valence-corrected chi connectivity index (χ3v) is 2.31. The van der Waals surface area contributed by atoms with Crippen LogP contribution in [-0.4, -0.2) is 11.4 Å². The topological polar surface area (TPSA) is 63.3 Å². The van der Waals surface area contributed by atoms with Crippen LogP contribution in [0.2, 0.25) is 0 Å². The largest absolute Gasteiger partial charge is 0.491 e. The van der Waals surface area contributed by atoms with Gasteiger partial charge >= 0.3 is 8.69 Å². The summed E-state index contributed by atoms with van der Waals surface area (Å²) in [5.41, 5.74) is 5.41. The van der Waals surface area contributed by atoms with Gasteiger partial charge in [-0.05, 0) is 17.5 Å². The third kappa shape index (κ3) is 24.9. The zero-order valence-electron chi connectivity index (χ0n) is 10.0. The highest BCUT2D eigenvalue weighted by Gasteiger charge is 1.90. The minimum atomic E-state index is -1.17. The van der Waals surface area contributed by atoms with Gasteiger partial charge in [-0.1, -0.05) is 58.3 Å². The maximum atomic E-state index is 8.51. The number of nitrogens with two attached hydrogens (primary N) is 1. The van der Waals surface area contributed by atoms with Crippen LogP contribution in [0.15, 0.2) is 0 Å². The zero-order valence-corrected chi connectivity index (χ0v) is 11.0. The summed E-state index contributed by atoms with van der Waals surface area (Å²) >= 11 is 0. The van der Waals surface area contributed by atoms with Crippen molar-refractivity contribution >= 4 is 8.69 Å². The van der Waals surface area contributed by atoms with Gasteiger partial charge in [-0.25, -0.2) is 0 Å². The summed E-state index contributed by atoms with van der Waals surface area (Å²) in [6.45, 7) is 3.14. The number of unbranched alkanes of at least 4 members (excludes halogenated alkanes) is 8. The molecule has 4 heteroatoms. The van der Waals surface area contributed by atoms with Crippen molar-refractivity contribution in [2.24, 2.45) is 5.73 Å². The molecule has 3 nitrogen and oxygen atoms in total. The molecule has 0 heterocycles. The molecule has 0 spiro atoms. The van der Waals surface area contributed by atoms with Gasteiger partial charge in [0, 0.05) is 0 Å². The van der Waals surface area contributed by atoms with Gasteiger partial charge in [-0.15, -0.1) is 0 Å². The van der Waals surface area contributed by atoms with Crippen LogP contribution in [-0.2, 0) is 4.57 Å². The van der Waals surface area contributed by atoms with Crippen molar-refractivity contribution in [2.75, 3.05) is 6.54 Å². The van der Waals surface area contributed by atoms with Crippen molar-refractivity contribution in [1.29, 1.82) is 0 Å². The first-order chi connectivity index (χ1) is 7.33. The Kier molecular flexibility index (Phi) is 22.7. The summed E-state index contributed by atoms with van der Waals surface area (Å²) < 4.78 is 8.51. The Morgan fingerprint density at radius 2 is 1.27 bits per heavy atom. The van der Waals surface area contributed by atoms with Gasteiger partial charge in [0.25, 0.3) is 0 Å². The first kappa shape index (κ1) is 17.4. The molecule has 0 aliphatic carbocycles. The van der Waals surface area contributed by atoms with Crippen LogP contribution in [0.4, 0.5) is 0 Å². The van der Waals surface area contributed by atoms with Crippen LogP contribution in [0.1, 0.15) is 64.7 Å². The van der Waals surface area contributed by atoms with Crippen molar-refractivity contribution in [2.45, 2.75) is 64.7 Å². The molecule has 92 valence electrons. The SMILES string of the molecule is CCCCCCCCCCCN.O=[PH+]O. The quantitative estimate of drug-likeness (QED) is 0.476. The Morgan fingerprint density at radius 1 is 0.933 bits per heavy atom. The maximum absolute atomic E-state index is 8.51. The zero-order chi connectivity index (χ0) is 11.8. The van der Waals surface area contributed by atoms with Gasteiger partial charge in [0.2, 0.25) is 0 Å². The highest BCUT2D eigenvalue weighted by Crippen LogP contribution is 2.08. The average Bonchev–Trinajstić information content (AvgIpc) is 2.23. The minimum Gasteiger partial charge on any atom is -0.330 e. The van der Waals surface area contributed by atoms with Crippen LogP contribution < -0.4 is 5.73 Å². The van der Waals surface area contributed by atoms with E-state index in [-0.39, 0.29) is 0 Å². The van der Waals surface area contributed by atoms with Crippen molar-refractivity contribution in [3.8, 4) is 0 Å². The van der Waals surface area contributed by atoms with Crippen molar-refractivity contribution < 1.29 is 9.46 Å². The normalized spacial score (nSPS) is 9.80. The van der Waals surface area contributed by atoms with Crippen molar-refractivity contribution in [3.63, 3.8) is 0 Å². The molecule has 0 fully saturated rings. The van der Waals surface area contributed by atoms with Gasteiger partial charge < -0.3 is 5.73 Å². The number of rotatable bonds is 9. The van der Waals surface area contributed by atoms with E-state index < -0.39 is 8.69 Å². The van der Waals surface area contributed by atoms with E-state index in [1.54, 1.807) is 0 Å². The van der Waals surface area contributed by atoms with Crippen LogP contribution in [0.25, 0.3) is 0 Å². The Hall–Kier alpha value is 0.0200. The summed E-state index contributed by atoms with van der Waals surface area (Å²) in [6, 6.07) is 0. The molecular formula is C11H27NO2P+. The lowest BCUT2D eigenvalue weighted by Gasteiger charge is -1.99. The maximum Gasteiger partial charge on any atom is 0.491 e. The molecule has 0 bridgehead atoms. The van der Waals surface area contributed by atoms with Crippen LogP contribution in [0, 0.1) is 0 Å². The molecule has 1 atom stereocenters. The molecule has 0 aliphatic rings. The van der Waals surface area contributed by atoms with Gasteiger partial charge in [0.1, 0.15) is 0 Å². The molecule has 0 saturated carbocycles. The number of hydrogen-bond donors (Lipinski definition) is 2. The molecule has 0 aromatic heterocycles. The molecule has 0 rings (SSSR count). The standard InChI is InChI=1S/C11H25N.HO2P/c1-2-3-4-5-6-7-8-9-10-11-12;1-3-2/h2-12H2,1H3;3H/p+1. The Balaban J connectivity index is 0. The Morgan fingerprint density at radius 3 is 1.60 bits per heavy atom. The number of hydrogen-bond acceptors (Lipinski definition) is 2. The predicted molar refractivity (Wildman–Crippen MR) is 67.5 cm³/mol. The minimum absolute atomic E-state index is 0.871. The molecule has 0 radical (unpaired) electrons. The summed E-state index contributed by atoms with van der Waals surface area (Å²) in [7, 11) is -1.17. The molecule has 3 N–H and O–H groups in total. The summed E-state index contributed by atoms with van der Waals surface area (Å²) in [4.78, 5) is 7.04. The molecular weight excluding hydrogens is 209 g/mol. The molecule has 0 aromatic rings. The van der Waals surface area contributed by atoms with Crippen LogP contribution in [0.5, 0.6) is 0 Å². The van der Waals surface area contributed by atoms with Crippen molar-refractivity contribution in [3.05, 3.63) is 0 Å². The molecule has 0 amide bonds. The highest BCUT2D eigenvalue weighted by atomic mass is 31.1. The van der Waals surface area contributed by atoms with Crippen LogP contribution >= 0.6 is 8.69 Å². The lowest BCUT2D eigenvalue weighted by atomic mass is 10.1. The van der Waals surface area contributed by atoms with Gasteiger partial charge in [-0.2, -0.15) is 4.89 Å². The molecule has 0 aliphatic heterocycles. The first-order valence-electron chi connectivity index (χ1n) is 6.04. The van der Waals surface area contributed by atoms with E-state index in [2.05, 4.69) is 6.92 Å². The fraction of sp³-hybridized carbons (Fsp3) is 1.00. The van der Waals surface area contributed by atoms with Crippen molar-refractivity contribution in [1.82, 2.24) is 0 Å². The van der Waals surface area contributed by atoms with E-state index in [0.717, 1.165) is 6.54 Å². The first-order valence-corrected chi connectivity index (χ1v) is 6.90. The Labute approximate surface area is 95.7 Å². The second-order valence-corrected chi connectivity index (χ2v) is 3.89. The molecule has 15 heavy (non-hydrogen) atoms. The Bertz CT molecular complexity index is 103. The van der Waals surface area contributed by atoms with E-state index in [1.165, 1.54) is 57.8 Å². The van der Waals surface area contributed by atoms with Gasteiger partial charge in [0.15, 0.2) is 0 Å². The smallest absolute Gasteiger partial charge is 0.330 e. The molecule has 1 unspecified atom stereocenters. The average molecular weight is 236 g/mol. The molecule has 0 aromatic carbocycles. The van der Waals surface area contributed by atoms with E-state index in [4.69, 9.17) is 15.2 Å². The summed E-state index contributed by atoms with van der Waals surface area (Å²) in [6.07, 6.45) is 12.5. The summed E-state index contributed by atoms with van der Waals surface area (Å²) in [5, 5.41) is 0. The lowest BCUT2D eigenvalue weighted by Crippen LogP contribution is -1.97. The van der Waals surface area contributed by atoms with E-state index in [9.17, 15) is 0 Å². The van der Waals surface area contributed by atoms with E-state index in [0.29, 0.717) is 0 Å². The molecule has 0 saturated heterocycles. The van der Waals surface area contributed by atoms with E-state index in [1.807, 2.05) is 0 Å². The predicted octanol–water partition coefficient (Wildman–Crippen LogP) is 3.39. The third-order valence-electron chi connectivity index (χ3n) is 2.31. The second kappa shape index (κ2) is 19.6.